The highest BCUT2D eigenvalue weighted by Gasteiger charge is 2.69. The van der Waals surface area contributed by atoms with E-state index in [-0.39, 0.29) is 36.2 Å². The number of nitrogens with zero attached hydrogens (tertiary/aromatic N) is 2. The summed E-state index contributed by atoms with van der Waals surface area (Å²) >= 11 is 0. The number of benzene rings is 1. The Kier molecular flexibility index (Phi) is 6.48. The summed E-state index contributed by atoms with van der Waals surface area (Å²) in [6.45, 7) is 0. The quantitative estimate of drug-likeness (QED) is 0.286. The van der Waals surface area contributed by atoms with Crippen molar-refractivity contribution in [1.29, 1.82) is 0 Å². The number of Topliss-reactive ketones (excluding diaryl/α,β-unsaturated/α-hetero) is 4. The average molecular weight is 536 g/mol. The summed E-state index contributed by atoms with van der Waals surface area (Å²) in [5.74, 6) is -10.2. The first-order valence-electron chi connectivity index (χ1n) is 12.7. The van der Waals surface area contributed by atoms with Crippen molar-refractivity contribution in [2.24, 2.45) is 29.4 Å². The fourth-order valence-electron chi connectivity index (χ4n) is 6.85. The van der Waals surface area contributed by atoms with E-state index < -0.39 is 70.4 Å². The second-order valence-corrected chi connectivity index (χ2v) is 10.9. The van der Waals surface area contributed by atoms with Gasteiger partial charge in [0.2, 0.25) is 5.91 Å². The van der Waals surface area contributed by atoms with E-state index in [1.54, 1.807) is 38.5 Å². The molecule has 7 atom stereocenters. The van der Waals surface area contributed by atoms with E-state index in [4.69, 9.17) is 5.73 Å². The van der Waals surface area contributed by atoms with Gasteiger partial charge in [-0.15, -0.1) is 0 Å². The van der Waals surface area contributed by atoms with Crippen LogP contribution in [0.2, 0.25) is 0 Å². The topological polar surface area (TPSA) is 188 Å². The number of ketones is 4. The summed E-state index contributed by atoms with van der Waals surface area (Å²) in [5, 5.41) is 33.2. The number of phenols is 1. The molecule has 11 nitrogen and oxygen atoms in total. The molecule has 5 rings (SSSR count). The molecule has 0 saturated heterocycles. The van der Waals surface area contributed by atoms with Crippen molar-refractivity contribution in [3.05, 3.63) is 58.9 Å². The van der Waals surface area contributed by atoms with Crippen LogP contribution >= 0.6 is 0 Å². The highest BCUT2D eigenvalue weighted by atomic mass is 16.3. The predicted octanol–water partition coefficient (Wildman–Crippen LogP) is -0.521. The lowest BCUT2D eigenvalue weighted by atomic mass is 9.52. The summed E-state index contributed by atoms with van der Waals surface area (Å²) in [5.41, 5.74) is 3.48. The number of aromatic hydroxyl groups is 1. The third-order valence-corrected chi connectivity index (χ3v) is 8.54. The van der Waals surface area contributed by atoms with Crippen LogP contribution in [0, 0.1) is 23.7 Å². The number of aromatic nitrogens is 1. The molecule has 2 fully saturated rings. The number of hydrogen-bond donors (Lipinski definition) is 4. The van der Waals surface area contributed by atoms with Crippen LogP contribution in [0.15, 0.2) is 36.5 Å². The van der Waals surface area contributed by atoms with Crippen LogP contribution in [0.1, 0.15) is 38.4 Å². The smallest absolute Gasteiger partial charge is 0.230 e. The largest absolute Gasteiger partial charge is 0.507 e. The highest BCUT2D eigenvalue weighted by Crippen LogP contribution is 2.51. The molecule has 5 N–H and O–H groups in total. The van der Waals surface area contributed by atoms with Gasteiger partial charge in [0.1, 0.15) is 11.7 Å². The molecular weight excluding hydrogens is 506 g/mol. The molecule has 2 aromatic rings. The summed E-state index contributed by atoms with van der Waals surface area (Å²) in [7, 11) is 3.15. The van der Waals surface area contributed by atoms with Crippen LogP contribution in [0.25, 0.3) is 0 Å². The van der Waals surface area contributed by atoms with Gasteiger partial charge in [0.25, 0.3) is 0 Å². The number of aliphatic hydroxyl groups excluding tert-OH is 1. The first-order chi connectivity index (χ1) is 18.4. The fourth-order valence-corrected chi connectivity index (χ4v) is 6.85. The SMILES string of the molecule is CN(C)[C@H]1C(O)C(C(N)=O)C(=O)[C@]2(O)C(=O)C3C(=O)c4c(O)ccc(C(=O)Cc5ccccn5)c4C[C@@H]3C[C@H]12. The Morgan fingerprint density at radius 1 is 1.13 bits per heavy atom. The second kappa shape index (κ2) is 9.44. The predicted molar refractivity (Wildman–Crippen MR) is 135 cm³/mol. The highest BCUT2D eigenvalue weighted by molar-refractivity contribution is 6.25. The van der Waals surface area contributed by atoms with Crippen LogP contribution < -0.4 is 5.73 Å². The molecule has 11 heteroatoms. The Bertz CT molecular complexity index is 1410. The van der Waals surface area contributed by atoms with E-state index >= 15 is 0 Å². The summed E-state index contributed by atoms with van der Waals surface area (Å²) in [4.78, 5) is 72.1. The number of carbonyl (C=O) groups excluding carboxylic acids is 5. The van der Waals surface area contributed by atoms with Crippen LogP contribution in [-0.4, -0.2) is 86.1 Å². The molecule has 1 aromatic carbocycles. The van der Waals surface area contributed by atoms with Crippen molar-refractivity contribution < 1.29 is 39.3 Å². The van der Waals surface area contributed by atoms with Crippen LogP contribution in [-0.2, 0) is 27.2 Å². The van der Waals surface area contributed by atoms with Crippen molar-refractivity contribution in [2.75, 3.05) is 14.1 Å². The van der Waals surface area contributed by atoms with Gasteiger partial charge < -0.3 is 26.0 Å². The number of rotatable bonds is 5. The van der Waals surface area contributed by atoms with E-state index in [1.807, 2.05) is 0 Å². The lowest BCUT2D eigenvalue weighted by Gasteiger charge is -2.54. The van der Waals surface area contributed by atoms with Gasteiger partial charge in [-0.1, -0.05) is 6.07 Å². The maximum absolute atomic E-state index is 13.9. The normalized spacial score (nSPS) is 31.9. The summed E-state index contributed by atoms with van der Waals surface area (Å²) < 4.78 is 0. The summed E-state index contributed by atoms with van der Waals surface area (Å²) in [6, 6.07) is 6.80. The third-order valence-electron chi connectivity index (χ3n) is 8.54. The molecule has 0 spiro atoms. The van der Waals surface area contributed by atoms with Crippen molar-refractivity contribution in [2.45, 2.75) is 37.0 Å². The molecular formula is C28H29N3O8. The number of primary amides is 1. The molecule has 39 heavy (non-hydrogen) atoms. The number of hydrogen-bond acceptors (Lipinski definition) is 10. The minimum absolute atomic E-state index is 0.0290. The average Bonchev–Trinajstić information content (AvgIpc) is 2.86. The lowest BCUT2D eigenvalue weighted by molar-refractivity contribution is -0.190. The number of fused-ring (bicyclic) bond motifs is 3. The van der Waals surface area contributed by atoms with Crippen molar-refractivity contribution >= 4 is 29.0 Å². The second-order valence-electron chi connectivity index (χ2n) is 10.9. The van der Waals surface area contributed by atoms with Gasteiger partial charge in [0.15, 0.2) is 28.7 Å². The molecule has 0 aliphatic heterocycles. The van der Waals surface area contributed by atoms with Crippen LogP contribution in [0.3, 0.4) is 0 Å². The van der Waals surface area contributed by atoms with Gasteiger partial charge in [0.05, 0.1) is 24.0 Å². The first-order valence-corrected chi connectivity index (χ1v) is 12.7. The van der Waals surface area contributed by atoms with Gasteiger partial charge in [-0.05, 0) is 62.7 Å². The van der Waals surface area contributed by atoms with Crippen molar-refractivity contribution in [1.82, 2.24) is 9.88 Å². The lowest BCUT2D eigenvalue weighted by Crippen LogP contribution is -2.75. The number of phenolic OH excluding ortho intramolecular Hbond substituents is 1. The zero-order valence-electron chi connectivity index (χ0n) is 21.4. The Balaban J connectivity index is 1.59. The van der Waals surface area contributed by atoms with E-state index in [1.165, 1.54) is 17.0 Å². The minimum atomic E-state index is -2.73. The minimum Gasteiger partial charge on any atom is -0.507 e. The Labute approximate surface area is 223 Å². The number of pyridine rings is 1. The fraction of sp³-hybridized carbons (Fsp3) is 0.429. The number of nitrogens with two attached hydrogens (primary N) is 1. The van der Waals surface area contributed by atoms with E-state index in [0.29, 0.717) is 11.3 Å². The van der Waals surface area contributed by atoms with Crippen LogP contribution in [0.5, 0.6) is 5.75 Å². The molecule has 204 valence electrons. The Morgan fingerprint density at radius 2 is 1.85 bits per heavy atom. The molecule has 0 radical (unpaired) electrons. The maximum Gasteiger partial charge on any atom is 0.230 e. The zero-order chi connectivity index (χ0) is 28.4. The molecule has 1 aromatic heterocycles. The zero-order valence-corrected chi connectivity index (χ0v) is 21.4. The van der Waals surface area contributed by atoms with Crippen molar-refractivity contribution in [3.63, 3.8) is 0 Å². The van der Waals surface area contributed by atoms with Gasteiger partial charge in [-0.3, -0.25) is 29.0 Å². The molecule has 2 saturated carbocycles. The number of amides is 1. The third kappa shape index (κ3) is 3.91. The standard InChI is InChI=1S/C28H29N3O8/c1-31(2)22-16-10-12-9-15-14(18(33)11-13-5-3-4-8-30-13)6-7-17(32)20(15)23(34)19(12)25(36)28(16,39)26(37)21(24(22)35)27(29)38/h3-8,12,16,19,21-22,24,32,35,39H,9-11H2,1-2H3,(H2,29,38)/t12-,16-,19?,21?,22-,24?,28-/m1/s1. The maximum atomic E-state index is 13.9. The number of aliphatic hydroxyl groups is 2. The molecule has 3 aliphatic carbocycles. The van der Waals surface area contributed by atoms with Gasteiger partial charge in [0, 0.05) is 29.4 Å². The molecule has 3 unspecified atom stereocenters. The van der Waals surface area contributed by atoms with Gasteiger partial charge in [-0.25, -0.2) is 0 Å². The van der Waals surface area contributed by atoms with E-state index in [9.17, 15) is 39.3 Å². The van der Waals surface area contributed by atoms with E-state index in [2.05, 4.69) is 4.98 Å². The van der Waals surface area contributed by atoms with Crippen LogP contribution in [0.4, 0.5) is 0 Å². The molecule has 1 amide bonds. The Morgan fingerprint density at radius 3 is 2.46 bits per heavy atom. The Hall–Kier alpha value is -3.80. The van der Waals surface area contributed by atoms with Gasteiger partial charge in [-0.2, -0.15) is 0 Å². The first kappa shape index (κ1) is 26.8. The molecule has 1 heterocycles. The monoisotopic (exact) mass is 535 g/mol. The molecule has 0 bridgehead atoms. The van der Waals surface area contributed by atoms with Gasteiger partial charge >= 0.3 is 0 Å². The van der Waals surface area contributed by atoms with Crippen molar-refractivity contribution in [3.8, 4) is 5.75 Å². The van der Waals surface area contributed by atoms with E-state index in [0.717, 1.165) is 0 Å². The molecule has 3 aliphatic rings. The number of carbonyl (C=O) groups is 5. The summed E-state index contributed by atoms with van der Waals surface area (Å²) in [6.07, 6.45) is -0.0449. The number of likely N-dealkylation sites (N-methyl/N-ethyl adjacent to an activating group) is 1.